The summed E-state index contributed by atoms with van der Waals surface area (Å²) in [4.78, 5) is 26.6. The molecular formula is C23H24N4O2S. The van der Waals surface area contributed by atoms with Gasteiger partial charge in [0, 0.05) is 24.3 Å². The lowest BCUT2D eigenvalue weighted by Crippen LogP contribution is -2.45. The predicted octanol–water partition coefficient (Wildman–Crippen LogP) is 4.44. The van der Waals surface area contributed by atoms with Crippen LogP contribution in [0.25, 0.3) is 0 Å². The van der Waals surface area contributed by atoms with E-state index in [-0.39, 0.29) is 17.4 Å². The summed E-state index contributed by atoms with van der Waals surface area (Å²) in [6, 6.07) is 18.5. The van der Waals surface area contributed by atoms with Gasteiger partial charge in [0.1, 0.15) is 9.88 Å². The molecule has 0 atom stereocenters. The summed E-state index contributed by atoms with van der Waals surface area (Å²) in [5.41, 5.74) is 11.2. The van der Waals surface area contributed by atoms with E-state index >= 15 is 0 Å². The molecule has 0 spiro atoms. The number of benzene rings is 2. The van der Waals surface area contributed by atoms with E-state index in [1.54, 1.807) is 12.1 Å². The molecule has 4 N–H and O–H groups in total. The van der Waals surface area contributed by atoms with Gasteiger partial charge in [0.15, 0.2) is 0 Å². The van der Waals surface area contributed by atoms with Crippen molar-refractivity contribution < 1.29 is 9.59 Å². The highest BCUT2D eigenvalue weighted by Crippen LogP contribution is 2.38. The summed E-state index contributed by atoms with van der Waals surface area (Å²) in [5, 5.41) is 5.75. The van der Waals surface area contributed by atoms with Crippen LogP contribution in [0.5, 0.6) is 0 Å². The maximum absolute atomic E-state index is 13.1. The van der Waals surface area contributed by atoms with E-state index in [9.17, 15) is 9.59 Å². The highest BCUT2D eigenvalue weighted by molar-refractivity contribution is 7.19. The SMILES string of the molecule is Nc1c(C(=O)c2ccccc2)sc(Nc2ccccc2)c1C(=O)NN1CCCCC1. The normalized spacial score (nSPS) is 14.3. The van der Waals surface area contributed by atoms with Crippen molar-refractivity contribution >= 4 is 39.4 Å². The Hall–Kier alpha value is -3.16. The lowest BCUT2D eigenvalue weighted by atomic mass is 10.1. The number of anilines is 3. The molecule has 1 amide bonds. The molecule has 0 saturated carbocycles. The fourth-order valence-electron chi connectivity index (χ4n) is 3.50. The molecule has 1 fully saturated rings. The molecule has 2 aromatic carbocycles. The number of nitrogens with zero attached hydrogens (tertiary/aromatic N) is 1. The number of rotatable bonds is 6. The summed E-state index contributed by atoms with van der Waals surface area (Å²) >= 11 is 1.21. The topological polar surface area (TPSA) is 87.5 Å². The molecule has 2 heterocycles. The van der Waals surface area contributed by atoms with Crippen molar-refractivity contribution in [3.8, 4) is 0 Å². The summed E-state index contributed by atoms with van der Waals surface area (Å²) in [6.07, 6.45) is 3.27. The van der Waals surface area contributed by atoms with Gasteiger partial charge in [-0.05, 0) is 25.0 Å². The highest BCUT2D eigenvalue weighted by Gasteiger charge is 2.27. The Labute approximate surface area is 179 Å². The lowest BCUT2D eigenvalue weighted by molar-refractivity contribution is 0.0752. The Morgan fingerprint density at radius 2 is 1.53 bits per heavy atom. The number of carbonyl (C=O) groups is 2. The number of carbonyl (C=O) groups excluding carboxylic acids is 2. The molecule has 154 valence electrons. The number of hydrogen-bond acceptors (Lipinski definition) is 6. The van der Waals surface area contributed by atoms with Gasteiger partial charge < -0.3 is 11.1 Å². The second-order valence-electron chi connectivity index (χ2n) is 7.22. The molecule has 4 rings (SSSR count). The minimum Gasteiger partial charge on any atom is -0.397 e. The standard InChI is InChI=1S/C23H24N4O2S/c24-19-18(22(29)26-27-14-8-3-9-15-27)23(25-17-12-6-2-7-13-17)30-21(19)20(28)16-10-4-1-5-11-16/h1-2,4-7,10-13,25H,3,8-9,14-15,24H2,(H,26,29). The second kappa shape index (κ2) is 9.11. The molecule has 0 unspecified atom stereocenters. The average molecular weight is 421 g/mol. The van der Waals surface area contributed by atoms with E-state index in [1.807, 2.05) is 53.5 Å². The summed E-state index contributed by atoms with van der Waals surface area (Å²) < 4.78 is 0. The third-order valence-electron chi connectivity index (χ3n) is 5.06. The first-order valence-corrected chi connectivity index (χ1v) is 10.8. The third kappa shape index (κ3) is 4.37. The molecule has 0 aliphatic carbocycles. The lowest BCUT2D eigenvalue weighted by Gasteiger charge is -2.27. The van der Waals surface area contributed by atoms with Gasteiger partial charge in [-0.15, -0.1) is 11.3 Å². The summed E-state index contributed by atoms with van der Waals surface area (Å²) in [5.74, 6) is -0.484. The smallest absolute Gasteiger partial charge is 0.270 e. The molecule has 1 aliphatic heterocycles. The number of nitrogens with two attached hydrogens (primary N) is 1. The first-order valence-electron chi connectivity index (χ1n) is 10.0. The van der Waals surface area contributed by atoms with Crippen LogP contribution in [-0.2, 0) is 0 Å². The first kappa shape index (κ1) is 20.1. The molecule has 1 saturated heterocycles. The van der Waals surface area contributed by atoms with Gasteiger partial charge in [0.2, 0.25) is 5.78 Å². The molecule has 1 aromatic heterocycles. The number of thiophene rings is 1. The van der Waals surface area contributed by atoms with Crippen LogP contribution in [0.15, 0.2) is 60.7 Å². The van der Waals surface area contributed by atoms with Crippen LogP contribution in [0.2, 0.25) is 0 Å². The zero-order valence-electron chi connectivity index (χ0n) is 16.6. The minimum atomic E-state index is -0.295. The number of nitrogen functional groups attached to an aromatic ring is 1. The van der Waals surface area contributed by atoms with Gasteiger partial charge in [-0.3, -0.25) is 15.0 Å². The van der Waals surface area contributed by atoms with Gasteiger partial charge in [0.05, 0.1) is 11.3 Å². The van der Waals surface area contributed by atoms with Crippen LogP contribution in [0, 0.1) is 0 Å². The Morgan fingerprint density at radius 3 is 2.20 bits per heavy atom. The van der Waals surface area contributed by atoms with Crippen molar-refractivity contribution in [1.29, 1.82) is 0 Å². The van der Waals surface area contributed by atoms with Crippen molar-refractivity contribution in [1.82, 2.24) is 10.4 Å². The van der Waals surface area contributed by atoms with Crippen LogP contribution in [-0.4, -0.2) is 29.8 Å². The van der Waals surface area contributed by atoms with E-state index in [4.69, 9.17) is 5.73 Å². The van der Waals surface area contributed by atoms with E-state index in [2.05, 4.69) is 10.7 Å². The number of para-hydroxylation sites is 1. The fourth-order valence-corrected chi connectivity index (χ4v) is 4.60. The molecule has 0 bridgehead atoms. The predicted molar refractivity (Wildman–Crippen MR) is 121 cm³/mol. The quantitative estimate of drug-likeness (QED) is 0.513. The van der Waals surface area contributed by atoms with E-state index in [0.717, 1.165) is 31.6 Å². The molecule has 3 aromatic rings. The molecule has 30 heavy (non-hydrogen) atoms. The number of nitrogens with one attached hydrogen (secondary N) is 2. The van der Waals surface area contributed by atoms with Crippen LogP contribution >= 0.6 is 11.3 Å². The van der Waals surface area contributed by atoms with Crippen LogP contribution in [0.1, 0.15) is 44.9 Å². The van der Waals surface area contributed by atoms with Gasteiger partial charge in [-0.25, -0.2) is 5.01 Å². The van der Waals surface area contributed by atoms with Crippen molar-refractivity contribution in [2.45, 2.75) is 19.3 Å². The molecule has 7 heteroatoms. The van der Waals surface area contributed by atoms with E-state index in [1.165, 1.54) is 17.8 Å². The number of amides is 1. The number of piperidine rings is 1. The summed E-state index contributed by atoms with van der Waals surface area (Å²) in [7, 11) is 0. The van der Waals surface area contributed by atoms with Gasteiger partial charge >= 0.3 is 0 Å². The third-order valence-corrected chi connectivity index (χ3v) is 6.18. The fraction of sp³-hybridized carbons (Fsp3) is 0.217. The number of hydrazine groups is 1. The number of ketones is 1. The Bertz CT molecular complexity index is 1030. The highest BCUT2D eigenvalue weighted by atomic mass is 32.1. The molecular weight excluding hydrogens is 396 g/mol. The maximum Gasteiger partial charge on any atom is 0.270 e. The second-order valence-corrected chi connectivity index (χ2v) is 8.24. The Kier molecular flexibility index (Phi) is 6.11. The molecule has 0 radical (unpaired) electrons. The summed E-state index contributed by atoms with van der Waals surface area (Å²) in [6.45, 7) is 1.63. The van der Waals surface area contributed by atoms with E-state index in [0.29, 0.717) is 21.0 Å². The first-order chi connectivity index (χ1) is 14.6. The average Bonchev–Trinajstić information content (AvgIpc) is 3.11. The van der Waals surface area contributed by atoms with Crippen LogP contribution in [0.3, 0.4) is 0 Å². The monoisotopic (exact) mass is 420 g/mol. The maximum atomic E-state index is 13.1. The van der Waals surface area contributed by atoms with E-state index < -0.39 is 0 Å². The zero-order chi connectivity index (χ0) is 20.9. The van der Waals surface area contributed by atoms with Gasteiger partial charge in [-0.2, -0.15) is 0 Å². The van der Waals surface area contributed by atoms with Crippen molar-refractivity contribution in [2.75, 3.05) is 24.1 Å². The van der Waals surface area contributed by atoms with Crippen LogP contribution in [0.4, 0.5) is 16.4 Å². The molecule has 1 aliphatic rings. The van der Waals surface area contributed by atoms with Crippen molar-refractivity contribution in [3.05, 3.63) is 76.7 Å². The minimum absolute atomic E-state index is 0.189. The largest absolute Gasteiger partial charge is 0.397 e. The number of hydrogen-bond donors (Lipinski definition) is 3. The van der Waals surface area contributed by atoms with Gasteiger partial charge in [-0.1, -0.05) is 55.0 Å². The Morgan fingerprint density at radius 1 is 0.900 bits per heavy atom. The Balaban J connectivity index is 1.69. The zero-order valence-corrected chi connectivity index (χ0v) is 17.4. The van der Waals surface area contributed by atoms with Crippen molar-refractivity contribution in [3.63, 3.8) is 0 Å². The molecule has 6 nitrogen and oxygen atoms in total. The van der Waals surface area contributed by atoms with Crippen molar-refractivity contribution in [2.24, 2.45) is 0 Å². The van der Waals surface area contributed by atoms with Crippen LogP contribution < -0.4 is 16.5 Å². The van der Waals surface area contributed by atoms with Gasteiger partial charge in [0.25, 0.3) is 5.91 Å².